The van der Waals surface area contributed by atoms with Crippen LogP contribution in [0, 0.1) is 0 Å². The van der Waals surface area contributed by atoms with E-state index in [0.29, 0.717) is 0 Å². The highest BCUT2D eigenvalue weighted by atomic mass is 15.0. The Hall–Kier alpha value is -7.82. The monoisotopic (exact) mass is 963 g/mol. The molecule has 0 atom stereocenters. The number of benzene rings is 9. The molecule has 4 nitrogen and oxygen atoms in total. The van der Waals surface area contributed by atoms with E-state index in [2.05, 4.69) is 283 Å². The second-order valence-electron chi connectivity index (χ2n) is 25.2. The zero-order valence-corrected chi connectivity index (χ0v) is 45.1. The van der Waals surface area contributed by atoms with Gasteiger partial charge in [-0.15, -0.1) is 0 Å². The van der Waals surface area contributed by atoms with Gasteiger partial charge in [0.05, 0.1) is 44.1 Å². The van der Waals surface area contributed by atoms with Gasteiger partial charge in [0.15, 0.2) is 0 Å². The maximum absolute atomic E-state index is 2.51. The third-order valence-electron chi connectivity index (χ3n) is 16.2. The van der Waals surface area contributed by atoms with Crippen molar-refractivity contribution in [3.8, 4) is 22.7 Å². The summed E-state index contributed by atoms with van der Waals surface area (Å²) >= 11 is 0. The van der Waals surface area contributed by atoms with Crippen molar-refractivity contribution in [2.24, 2.45) is 0 Å². The van der Waals surface area contributed by atoms with Gasteiger partial charge < -0.3 is 18.3 Å². The Balaban J connectivity index is 0.975. The van der Waals surface area contributed by atoms with Gasteiger partial charge in [-0.1, -0.05) is 150 Å². The predicted octanol–water partition coefficient (Wildman–Crippen LogP) is 19.3. The maximum Gasteiger partial charge on any atom is 0.0641 e. The SMILES string of the molecule is CC(C)(C)c1ccc2c(c1)c1cc(C(C)(C)C)ccc1n2-c1ccc(-n2c3ccccc3c3c2ccc2c4ccccc4n(-c4ccc(-n5c6ccc(C(C)(C)C)cc6c6cc(C(C)(C)C)ccc65)cc4)c23)cc1. The summed E-state index contributed by atoms with van der Waals surface area (Å²) in [6, 6.07) is 69.4. The van der Waals surface area contributed by atoms with Crippen LogP contribution < -0.4 is 0 Å². The minimum absolute atomic E-state index is 0.0411. The maximum atomic E-state index is 2.51. The molecule has 13 aromatic rings. The molecule has 74 heavy (non-hydrogen) atoms. The molecular formula is C70H66N4. The smallest absolute Gasteiger partial charge is 0.0641 e. The van der Waals surface area contributed by atoms with E-state index >= 15 is 0 Å². The molecular weight excluding hydrogens is 897 g/mol. The molecule has 366 valence electrons. The molecule has 0 unspecified atom stereocenters. The fraction of sp³-hybridized carbons (Fsp3) is 0.229. The molecule has 0 amide bonds. The van der Waals surface area contributed by atoms with Crippen LogP contribution in [-0.2, 0) is 21.7 Å². The third-order valence-corrected chi connectivity index (χ3v) is 16.2. The van der Waals surface area contributed by atoms with Gasteiger partial charge in [-0.3, -0.25) is 0 Å². The molecule has 0 fully saturated rings. The molecule has 4 heteroatoms. The lowest BCUT2D eigenvalue weighted by molar-refractivity contribution is 0.590. The van der Waals surface area contributed by atoms with Gasteiger partial charge in [-0.05, 0) is 159 Å². The van der Waals surface area contributed by atoms with E-state index in [-0.39, 0.29) is 21.7 Å². The predicted molar refractivity (Wildman–Crippen MR) is 319 cm³/mol. The van der Waals surface area contributed by atoms with Crippen LogP contribution in [0.1, 0.15) is 105 Å². The van der Waals surface area contributed by atoms with Crippen molar-refractivity contribution in [1.29, 1.82) is 0 Å². The summed E-state index contributed by atoms with van der Waals surface area (Å²) in [7, 11) is 0. The van der Waals surface area contributed by atoms with Crippen molar-refractivity contribution in [2.45, 2.75) is 105 Å². The lowest BCUT2D eigenvalue weighted by Gasteiger charge is -2.19. The van der Waals surface area contributed by atoms with Gasteiger partial charge in [0.1, 0.15) is 0 Å². The van der Waals surface area contributed by atoms with Gasteiger partial charge in [-0.2, -0.15) is 0 Å². The highest BCUT2D eigenvalue weighted by Gasteiger charge is 2.25. The Morgan fingerprint density at radius 3 is 0.878 bits per heavy atom. The first-order valence-corrected chi connectivity index (χ1v) is 26.6. The number of rotatable bonds is 4. The van der Waals surface area contributed by atoms with Crippen LogP contribution in [-0.4, -0.2) is 18.3 Å². The standard InChI is InChI=1S/C70H66N4/c1-67(2,3)43-21-34-60-54(39-43)55-40-44(68(4,5)6)22-35-61(55)71(60)47-25-27-49(28-26-47)73-59-20-16-14-18-53(59)65-64(73)38-33-52-51-17-13-15-19-58(51)74(66(52)65)50-31-29-48(30-32-50)72-62-36-23-45(69(7,8)9)41-56(62)57-42-46(70(10,11)12)24-37-63(57)72/h13-42H,1-12H3. The van der Waals surface area contributed by atoms with Gasteiger partial charge in [0.25, 0.3) is 0 Å². The number of para-hydroxylation sites is 2. The summed E-state index contributed by atoms with van der Waals surface area (Å²) in [6.07, 6.45) is 0. The Kier molecular flexibility index (Phi) is 9.85. The average molecular weight is 963 g/mol. The van der Waals surface area contributed by atoms with Crippen LogP contribution in [0.15, 0.2) is 182 Å². The quantitative estimate of drug-likeness (QED) is 0.167. The summed E-state index contributed by atoms with van der Waals surface area (Å²) in [5, 5.41) is 10.2. The molecule has 0 saturated heterocycles. The summed E-state index contributed by atoms with van der Waals surface area (Å²) in [6.45, 7) is 27.7. The molecule has 0 aliphatic rings. The Bertz CT molecular complexity index is 4280. The molecule has 9 aromatic carbocycles. The van der Waals surface area contributed by atoms with Crippen LogP contribution in [0.4, 0.5) is 0 Å². The number of aromatic nitrogens is 4. The van der Waals surface area contributed by atoms with Crippen LogP contribution in [0.5, 0.6) is 0 Å². The molecule has 4 heterocycles. The van der Waals surface area contributed by atoms with Crippen molar-refractivity contribution in [3.05, 3.63) is 204 Å². The van der Waals surface area contributed by atoms with Gasteiger partial charge >= 0.3 is 0 Å². The molecule has 0 saturated carbocycles. The van der Waals surface area contributed by atoms with E-state index in [0.717, 1.165) is 22.7 Å². The summed E-state index contributed by atoms with van der Waals surface area (Å²) < 4.78 is 9.89. The fourth-order valence-corrected chi connectivity index (χ4v) is 12.0. The fourth-order valence-electron chi connectivity index (χ4n) is 12.0. The highest BCUT2D eigenvalue weighted by Crippen LogP contribution is 2.44. The molecule has 0 aliphatic heterocycles. The Morgan fingerprint density at radius 1 is 0.230 bits per heavy atom. The van der Waals surface area contributed by atoms with E-state index in [1.54, 1.807) is 0 Å². The lowest BCUT2D eigenvalue weighted by Crippen LogP contribution is -2.10. The lowest BCUT2D eigenvalue weighted by atomic mass is 9.85. The number of hydrogen-bond acceptors (Lipinski definition) is 0. The first-order valence-electron chi connectivity index (χ1n) is 26.6. The molecule has 0 N–H and O–H groups in total. The van der Waals surface area contributed by atoms with E-state index in [4.69, 9.17) is 0 Å². The Labute approximate surface area is 435 Å². The van der Waals surface area contributed by atoms with Gasteiger partial charge in [0.2, 0.25) is 0 Å². The topological polar surface area (TPSA) is 19.7 Å². The average Bonchev–Trinajstić information content (AvgIpc) is 4.16. The highest BCUT2D eigenvalue weighted by molar-refractivity contribution is 6.26. The number of fused-ring (bicyclic) bond motifs is 13. The third kappa shape index (κ3) is 7.01. The van der Waals surface area contributed by atoms with Crippen molar-refractivity contribution in [3.63, 3.8) is 0 Å². The van der Waals surface area contributed by atoms with Crippen LogP contribution >= 0.6 is 0 Å². The molecule has 0 radical (unpaired) electrons. The molecule has 0 spiro atoms. The van der Waals surface area contributed by atoms with Crippen molar-refractivity contribution >= 4 is 87.2 Å². The van der Waals surface area contributed by atoms with E-state index in [1.807, 2.05) is 0 Å². The molecule has 4 aromatic heterocycles. The van der Waals surface area contributed by atoms with Crippen molar-refractivity contribution < 1.29 is 0 Å². The molecule has 0 aliphatic carbocycles. The van der Waals surface area contributed by atoms with Crippen LogP contribution in [0.25, 0.3) is 110 Å². The zero-order valence-electron chi connectivity index (χ0n) is 45.1. The van der Waals surface area contributed by atoms with Crippen molar-refractivity contribution in [2.75, 3.05) is 0 Å². The molecule has 0 bridgehead atoms. The van der Waals surface area contributed by atoms with E-state index in [1.165, 1.54) is 109 Å². The minimum Gasteiger partial charge on any atom is -0.309 e. The van der Waals surface area contributed by atoms with Gasteiger partial charge in [-0.25, -0.2) is 0 Å². The normalized spacial score (nSPS) is 13.1. The number of nitrogens with zero attached hydrogens (tertiary/aromatic N) is 4. The van der Waals surface area contributed by atoms with E-state index < -0.39 is 0 Å². The van der Waals surface area contributed by atoms with Crippen LogP contribution in [0.3, 0.4) is 0 Å². The van der Waals surface area contributed by atoms with E-state index in [9.17, 15) is 0 Å². The van der Waals surface area contributed by atoms with Crippen LogP contribution in [0.2, 0.25) is 0 Å². The molecule has 13 rings (SSSR count). The van der Waals surface area contributed by atoms with Crippen molar-refractivity contribution in [1.82, 2.24) is 18.3 Å². The zero-order chi connectivity index (χ0) is 51.4. The summed E-state index contributed by atoms with van der Waals surface area (Å²) in [5.41, 5.74) is 19.8. The Morgan fingerprint density at radius 2 is 0.514 bits per heavy atom. The largest absolute Gasteiger partial charge is 0.309 e. The first kappa shape index (κ1) is 46.0. The minimum atomic E-state index is 0.0411. The first-order chi connectivity index (χ1) is 35.2. The summed E-state index contributed by atoms with van der Waals surface area (Å²) in [5.74, 6) is 0. The number of hydrogen-bond donors (Lipinski definition) is 0. The second kappa shape index (κ2) is 15.8. The van der Waals surface area contributed by atoms with Gasteiger partial charge in [0, 0.05) is 65.8 Å². The second-order valence-corrected chi connectivity index (χ2v) is 25.2. The summed E-state index contributed by atoms with van der Waals surface area (Å²) in [4.78, 5) is 0.